The van der Waals surface area contributed by atoms with Gasteiger partial charge in [0.05, 0.1) is 18.3 Å². The molecule has 0 aliphatic carbocycles. The predicted octanol–water partition coefficient (Wildman–Crippen LogP) is 4.69. The number of pyridine rings is 1. The van der Waals surface area contributed by atoms with Gasteiger partial charge in [0.15, 0.2) is 0 Å². The lowest BCUT2D eigenvalue weighted by Gasteiger charge is -2.34. The zero-order valence-corrected chi connectivity index (χ0v) is 21.2. The van der Waals surface area contributed by atoms with Crippen molar-refractivity contribution in [2.45, 2.75) is 13.1 Å². The molecule has 200 valence electrons. The van der Waals surface area contributed by atoms with Crippen molar-refractivity contribution in [2.75, 3.05) is 33.3 Å². The number of amides is 2. The van der Waals surface area contributed by atoms with Crippen molar-refractivity contribution < 1.29 is 27.5 Å². The van der Waals surface area contributed by atoms with E-state index in [9.17, 15) is 22.8 Å². The summed E-state index contributed by atoms with van der Waals surface area (Å²) in [7, 11) is 1.14. The lowest BCUT2D eigenvalue weighted by atomic mass is 9.99. The molecule has 0 N–H and O–H groups in total. The highest BCUT2D eigenvalue weighted by atomic mass is 19.4. The van der Waals surface area contributed by atoms with Crippen LogP contribution in [-0.4, -0.2) is 69.9 Å². The second-order valence-corrected chi connectivity index (χ2v) is 9.11. The van der Waals surface area contributed by atoms with Crippen LogP contribution in [0.25, 0.3) is 33.3 Å². The fourth-order valence-electron chi connectivity index (χ4n) is 4.65. The van der Waals surface area contributed by atoms with Crippen LogP contribution >= 0.6 is 0 Å². The first-order valence-corrected chi connectivity index (χ1v) is 12.2. The Kier molecular flexibility index (Phi) is 6.90. The van der Waals surface area contributed by atoms with Gasteiger partial charge in [0.25, 0.3) is 5.91 Å². The number of benzene rings is 2. The van der Waals surface area contributed by atoms with Gasteiger partial charge in [-0.1, -0.05) is 18.2 Å². The van der Waals surface area contributed by atoms with Gasteiger partial charge >= 0.3 is 6.18 Å². The second kappa shape index (κ2) is 10.3. The number of fused-ring (bicyclic) bond motifs is 1. The fraction of sp³-hybridized carbons (Fsp3) is 0.250. The molecule has 0 bridgehead atoms. The number of aromatic nitrogens is 3. The molecular formula is C28H24F3N5O3. The minimum atomic E-state index is -4.63. The lowest BCUT2D eigenvalue weighted by Crippen LogP contribution is -2.50. The van der Waals surface area contributed by atoms with Crippen LogP contribution in [-0.2, 0) is 11.0 Å². The van der Waals surface area contributed by atoms with E-state index in [1.54, 1.807) is 46.2 Å². The molecule has 1 fully saturated rings. The third kappa shape index (κ3) is 5.25. The van der Waals surface area contributed by atoms with E-state index >= 15 is 0 Å². The Morgan fingerprint density at radius 2 is 1.62 bits per heavy atom. The van der Waals surface area contributed by atoms with Crippen LogP contribution in [0.2, 0.25) is 0 Å². The number of hydrogen-bond donors (Lipinski definition) is 0. The Bertz CT molecular complexity index is 1570. The number of carbonyl (C=O) groups is 2. The van der Waals surface area contributed by atoms with Crippen molar-refractivity contribution in [3.05, 3.63) is 72.2 Å². The van der Waals surface area contributed by atoms with E-state index in [1.165, 1.54) is 19.4 Å². The number of hydrogen-bond acceptors (Lipinski definition) is 6. The van der Waals surface area contributed by atoms with Crippen molar-refractivity contribution in [3.63, 3.8) is 0 Å². The molecule has 2 aromatic heterocycles. The monoisotopic (exact) mass is 535 g/mol. The van der Waals surface area contributed by atoms with E-state index in [2.05, 4.69) is 15.0 Å². The molecule has 2 aromatic carbocycles. The quantitative estimate of drug-likeness (QED) is 0.377. The van der Waals surface area contributed by atoms with Crippen LogP contribution in [0.4, 0.5) is 13.2 Å². The molecule has 39 heavy (non-hydrogen) atoms. The molecule has 2 amide bonds. The summed E-state index contributed by atoms with van der Waals surface area (Å²) in [5.41, 5.74) is 2.05. The first-order valence-electron chi connectivity index (χ1n) is 12.2. The highest BCUT2D eigenvalue weighted by molar-refractivity contribution is 5.99. The van der Waals surface area contributed by atoms with E-state index in [0.717, 1.165) is 13.2 Å². The lowest BCUT2D eigenvalue weighted by molar-refractivity contribution is -0.139. The van der Waals surface area contributed by atoms with Crippen LogP contribution in [0.1, 0.15) is 22.8 Å². The third-order valence-electron chi connectivity index (χ3n) is 6.71. The maximum atomic E-state index is 13.6. The minimum Gasteiger partial charge on any atom is -0.481 e. The van der Waals surface area contributed by atoms with Gasteiger partial charge in [-0.25, -0.2) is 15.0 Å². The maximum Gasteiger partial charge on any atom is 0.421 e. The van der Waals surface area contributed by atoms with E-state index < -0.39 is 17.6 Å². The van der Waals surface area contributed by atoms with Crippen LogP contribution in [0.15, 0.2) is 61.1 Å². The van der Waals surface area contributed by atoms with Gasteiger partial charge in [0, 0.05) is 61.4 Å². The number of halogens is 3. The smallest absolute Gasteiger partial charge is 0.421 e. The van der Waals surface area contributed by atoms with Crippen molar-refractivity contribution in [1.82, 2.24) is 24.8 Å². The first kappa shape index (κ1) is 26.1. The van der Waals surface area contributed by atoms with Crippen molar-refractivity contribution >= 4 is 22.7 Å². The van der Waals surface area contributed by atoms with Crippen molar-refractivity contribution in [1.29, 1.82) is 0 Å². The Labute approximate surface area is 222 Å². The minimum absolute atomic E-state index is 0.0147. The van der Waals surface area contributed by atoms with Gasteiger partial charge in [-0.3, -0.25) is 9.59 Å². The highest BCUT2D eigenvalue weighted by Crippen LogP contribution is 2.38. The fourth-order valence-corrected chi connectivity index (χ4v) is 4.65. The topological polar surface area (TPSA) is 88.5 Å². The Morgan fingerprint density at radius 1 is 0.872 bits per heavy atom. The predicted molar refractivity (Wildman–Crippen MR) is 138 cm³/mol. The average Bonchev–Trinajstić information content (AvgIpc) is 2.95. The van der Waals surface area contributed by atoms with E-state index in [1.807, 2.05) is 6.07 Å². The van der Waals surface area contributed by atoms with E-state index in [4.69, 9.17) is 4.74 Å². The third-order valence-corrected chi connectivity index (χ3v) is 6.71. The Hall–Kier alpha value is -4.54. The second-order valence-electron chi connectivity index (χ2n) is 9.11. The molecule has 4 aromatic rings. The normalized spacial score (nSPS) is 14.0. The summed E-state index contributed by atoms with van der Waals surface area (Å²) >= 11 is 0. The molecule has 0 unspecified atom stereocenters. The van der Waals surface area contributed by atoms with Gasteiger partial charge in [0.2, 0.25) is 11.8 Å². The number of carbonyl (C=O) groups excluding carboxylic acids is 2. The van der Waals surface area contributed by atoms with Gasteiger partial charge < -0.3 is 14.5 Å². The van der Waals surface area contributed by atoms with E-state index in [-0.39, 0.29) is 17.4 Å². The summed E-state index contributed by atoms with van der Waals surface area (Å²) in [6, 6.07) is 13.1. The van der Waals surface area contributed by atoms with Crippen LogP contribution in [0.3, 0.4) is 0 Å². The Balaban J connectivity index is 1.50. The molecule has 5 rings (SSSR count). The summed E-state index contributed by atoms with van der Waals surface area (Å²) in [4.78, 5) is 40.8. The van der Waals surface area contributed by atoms with E-state index in [0.29, 0.717) is 59.5 Å². The number of methoxy groups -OCH3 is 1. The van der Waals surface area contributed by atoms with Crippen LogP contribution in [0.5, 0.6) is 5.88 Å². The molecular weight excluding hydrogens is 511 g/mol. The molecule has 1 saturated heterocycles. The molecule has 0 saturated carbocycles. The number of piperazine rings is 1. The SMILES string of the molecule is COc1ncc(-c2ccc3ncnc(-c4cccc(C(=O)N5CCN(C(C)=O)CC5)c4)c3c2)cc1C(F)(F)F. The largest absolute Gasteiger partial charge is 0.481 e. The van der Waals surface area contributed by atoms with Crippen LogP contribution in [0, 0.1) is 0 Å². The van der Waals surface area contributed by atoms with Crippen LogP contribution < -0.4 is 4.74 Å². The summed E-state index contributed by atoms with van der Waals surface area (Å²) in [6.45, 7) is 3.36. The molecule has 8 nitrogen and oxygen atoms in total. The number of nitrogens with zero attached hydrogens (tertiary/aromatic N) is 5. The van der Waals surface area contributed by atoms with Gasteiger partial charge in [-0.05, 0) is 35.9 Å². The van der Waals surface area contributed by atoms with Crippen molar-refractivity contribution in [2.24, 2.45) is 0 Å². The average molecular weight is 536 g/mol. The zero-order valence-electron chi connectivity index (χ0n) is 21.2. The summed E-state index contributed by atoms with van der Waals surface area (Å²) in [5.74, 6) is -0.664. The summed E-state index contributed by atoms with van der Waals surface area (Å²) < 4.78 is 45.5. The highest BCUT2D eigenvalue weighted by Gasteiger charge is 2.35. The number of ether oxygens (including phenoxy) is 1. The molecule has 1 aliphatic heterocycles. The molecule has 11 heteroatoms. The standard InChI is InChI=1S/C28H24F3N5O3/c1-17(37)35-8-10-36(11-9-35)27(38)20-5-3-4-19(12-20)25-22-13-18(6-7-24(22)33-16-34-25)21-14-23(28(29,30)31)26(39-2)32-15-21/h3-7,12-16H,8-11H2,1-2H3. The number of rotatable bonds is 4. The van der Waals surface area contributed by atoms with Crippen molar-refractivity contribution in [3.8, 4) is 28.3 Å². The first-order chi connectivity index (χ1) is 18.7. The molecule has 3 heterocycles. The summed E-state index contributed by atoms with van der Waals surface area (Å²) in [5, 5.41) is 0.610. The Morgan fingerprint density at radius 3 is 2.31 bits per heavy atom. The molecule has 0 atom stereocenters. The molecule has 1 aliphatic rings. The van der Waals surface area contributed by atoms with Gasteiger partial charge in [-0.2, -0.15) is 13.2 Å². The number of alkyl halides is 3. The maximum absolute atomic E-state index is 13.6. The summed E-state index contributed by atoms with van der Waals surface area (Å²) in [6.07, 6.45) is -1.90. The molecule has 0 spiro atoms. The van der Waals surface area contributed by atoms with Gasteiger partial charge in [0.1, 0.15) is 11.9 Å². The van der Waals surface area contributed by atoms with Gasteiger partial charge in [-0.15, -0.1) is 0 Å². The molecule has 0 radical (unpaired) electrons. The zero-order chi connectivity index (χ0) is 27.7.